The zero-order valence-corrected chi connectivity index (χ0v) is 13.0. The molecule has 3 aromatic rings. The third-order valence-electron chi connectivity index (χ3n) is 3.85. The van der Waals surface area contributed by atoms with Crippen LogP contribution in [0.3, 0.4) is 0 Å². The molecule has 2 aromatic heterocycles. The zero-order chi connectivity index (χ0) is 16.4. The molecule has 8 nitrogen and oxygen atoms in total. The Morgan fingerprint density at radius 2 is 2.17 bits per heavy atom. The molecule has 0 radical (unpaired) electrons. The van der Waals surface area contributed by atoms with Crippen molar-refractivity contribution < 1.29 is 14.3 Å². The van der Waals surface area contributed by atoms with Gasteiger partial charge in [-0.2, -0.15) is 5.10 Å². The third-order valence-corrected chi connectivity index (χ3v) is 3.85. The Bertz CT molecular complexity index is 870. The molecule has 1 aliphatic rings. The Morgan fingerprint density at radius 1 is 1.21 bits per heavy atom. The number of alkyl carbamates (subject to hydrolysis) is 1. The summed E-state index contributed by atoms with van der Waals surface area (Å²) in [6.45, 7) is 1.30. The molecule has 0 saturated carbocycles. The summed E-state index contributed by atoms with van der Waals surface area (Å²) in [5.74, 6) is 1.53. The largest absolute Gasteiger partial charge is 0.494 e. The first kappa shape index (κ1) is 14.6. The summed E-state index contributed by atoms with van der Waals surface area (Å²) in [7, 11) is 0. The van der Waals surface area contributed by atoms with Crippen LogP contribution in [0.1, 0.15) is 12.1 Å². The molecule has 4 bridgehead atoms. The number of hydrogen-bond donors (Lipinski definition) is 2. The van der Waals surface area contributed by atoms with Crippen LogP contribution in [-0.2, 0) is 11.2 Å². The van der Waals surface area contributed by atoms with E-state index in [9.17, 15) is 4.79 Å². The molecule has 8 heteroatoms. The van der Waals surface area contributed by atoms with Gasteiger partial charge in [-0.3, -0.25) is 9.67 Å². The molecule has 3 heterocycles. The van der Waals surface area contributed by atoms with Gasteiger partial charge in [0.2, 0.25) is 0 Å². The minimum atomic E-state index is -0.419. The molecule has 0 atom stereocenters. The van der Waals surface area contributed by atoms with Crippen molar-refractivity contribution in [1.29, 1.82) is 0 Å². The van der Waals surface area contributed by atoms with E-state index in [0.29, 0.717) is 26.0 Å². The molecule has 0 aliphatic carbocycles. The van der Waals surface area contributed by atoms with E-state index in [1.165, 1.54) is 0 Å². The minimum Gasteiger partial charge on any atom is -0.494 e. The number of aromatic amines is 1. The van der Waals surface area contributed by atoms with Crippen LogP contribution in [0, 0.1) is 0 Å². The van der Waals surface area contributed by atoms with Crippen LogP contribution in [0.2, 0.25) is 0 Å². The number of nitrogens with one attached hydrogen (secondary N) is 2. The summed E-state index contributed by atoms with van der Waals surface area (Å²) in [6.07, 6.45) is 4.42. The van der Waals surface area contributed by atoms with Crippen molar-refractivity contribution >= 4 is 17.0 Å². The Labute approximate surface area is 137 Å². The number of cyclic esters (lactones) is 1. The molecule has 0 spiro atoms. The maximum Gasteiger partial charge on any atom is 0.407 e. The molecule has 24 heavy (non-hydrogen) atoms. The standard InChI is InChI=1S/C16H17N5O3/c22-16-17-5-1-6-23-12-2-3-14-13(8-12)15(20-19-14)21-9-11(18-10-21)4-7-24-16/h2-3,8-10H,1,4-7H2,(H,17,22)(H,19,20). The molecular formula is C16H17N5O3. The number of nitrogens with zero attached hydrogens (tertiary/aromatic N) is 3. The van der Waals surface area contributed by atoms with Crippen LogP contribution in [0.15, 0.2) is 30.7 Å². The first-order valence-electron chi connectivity index (χ1n) is 7.84. The summed E-state index contributed by atoms with van der Waals surface area (Å²) >= 11 is 0. The molecule has 0 saturated heterocycles. The number of fused-ring (bicyclic) bond motifs is 4. The average Bonchev–Trinajstić information content (AvgIpc) is 3.20. The van der Waals surface area contributed by atoms with Gasteiger partial charge in [-0.05, 0) is 24.6 Å². The topological polar surface area (TPSA) is 94.1 Å². The highest BCUT2D eigenvalue weighted by molar-refractivity contribution is 5.87. The van der Waals surface area contributed by atoms with Crippen molar-refractivity contribution in [2.24, 2.45) is 0 Å². The average molecular weight is 327 g/mol. The SMILES string of the molecule is O=C1NCCCOc2ccc3[nH]nc(c3c2)-n2cnc(c2)CCO1. The van der Waals surface area contributed by atoms with Crippen LogP contribution in [0.5, 0.6) is 5.75 Å². The number of carbonyl (C=O) groups is 1. The lowest BCUT2D eigenvalue weighted by molar-refractivity contribution is 0.146. The normalized spacial score (nSPS) is 15.8. The van der Waals surface area contributed by atoms with E-state index in [4.69, 9.17) is 9.47 Å². The molecule has 0 fully saturated rings. The summed E-state index contributed by atoms with van der Waals surface area (Å²) in [5.41, 5.74) is 1.77. The molecule has 4 rings (SSSR count). The highest BCUT2D eigenvalue weighted by Crippen LogP contribution is 2.25. The van der Waals surface area contributed by atoms with Crippen molar-refractivity contribution in [1.82, 2.24) is 25.1 Å². The number of amides is 1. The van der Waals surface area contributed by atoms with E-state index < -0.39 is 6.09 Å². The zero-order valence-electron chi connectivity index (χ0n) is 13.0. The van der Waals surface area contributed by atoms with Crippen LogP contribution < -0.4 is 10.1 Å². The lowest BCUT2D eigenvalue weighted by Crippen LogP contribution is -2.27. The maximum absolute atomic E-state index is 11.6. The van der Waals surface area contributed by atoms with Crippen molar-refractivity contribution in [2.75, 3.05) is 19.8 Å². The van der Waals surface area contributed by atoms with Crippen molar-refractivity contribution in [3.05, 3.63) is 36.4 Å². The van der Waals surface area contributed by atoms with Crippen molar-refractivity contribution in [3.63, 3.8) is 0 Å². The molecular weight excluding hydrogens is 310 g/mol. The van der Waals surface area contributed by atoms with Gasteiger partial charge in [-0.1, -0.05) is 0 Å². The highest BCUT2D eigenvalue weighted by Gasteiger charge is 2.11. The molecule has 1 amide bonds. The summed E-state index contributed by atoms with van der Waals surface area (Å²) in [5, 5.41) is 11.1. The van der Waals surface area contributed by atoms with Crippen LogP contribution in [-0.4, -0.2) is 45.6 Å². The first-order chi connectivity index (χ1) is 11.8. The second kappa shape index (κ2) is 6.23. The fraction of sp³-hybridized carbons (Fsp3) is 0.312. The minimum absolute atomic E-state index is 0.283. The van der Waals surface area contributed by atoms with E-state index in [0.717, 1.165) is 28.2 Å². The van der Waals surface area contributed by atoms with Crippen LogP contribution in [0.4, 0.5) is 4.79 Å². The van der Waals surface area contributed by atoms with Gasteiger partial charge in [0.05, 0.1) is 24.4 Å². The summed E-state index contributed by atoms with van der Waals surface area (Å²) in [6, 6.07) is 5.80. The lowest BCUT2D eigenvalue weighted by Gasteiger charge is -2.09. The van der Waals surface area contributed by atoms with Gasteiger partial charge in [0.15, 0.2) is 5.82 Å². The molecule has 0 unspecified atom stereocenters. The van der Waals surface area contributed by atoms with Crippen LogP contribution in [0.25, 0.3) is 16.7 Å². The lowest BCUT2D eigenvalue weighted by atomic mass is 10.2. The van der Waals surface area contributed by atoms with Crippen LogP contribution >= 0.6 is 0 Å². The monoisotopic (exact) mass is 327 g/mol. The number of H-pyrrole nitrogens is 1. The van der Waals surface area contributed by atoms with Gasteiger partial charge in [0.1, 0.15) is 12.1 Å². The number of imidazole rings is 1. The number of ether oxygens (including phenoxy) is 2. The van der Waals surface area contributed by atoms with E-state index in [2.05, 4.69) is 20.5 Å². The number of benzene rings is 1. The third kappa shape index (κ3) is 2.90. The number of carbonyl (C=O) groups excluding carboxylic acids is 1. The van der Waals surface area contributed by atoms with E-state index in [1.807, 2.05) is 29.0 Å². The Morgan fingerprint density at radius 3 is 3.12 bits per heavy atom. The molecule has 1 aromatic carbocycles. The second-order valence-corrected chi connectivity index (χ2v) is 5.54. The van der Waals surface area contributed by atoms with Gasteiger partial charge in [0.25, 0.3) is 0 Å². The smallest absolute Gasteiger partial charge is 0.407 e. The summed E-state index contributed by atoms with van der Waals surface area (Å²) < 4.78 is 12.7. The molecule has 2 N–H and O–H groups in total. The number of hydrogen-bond acceptors (Lipinski definition) is 5. The highest BCUT2D eigenvalue weighted by atomic mass is 16.5. The van der Waals surface area contributed by atoms with Gasteiger partial charge >= 0.3 is 6.09 Å². The van der Waals surface area contributed by atoms with Gasteiger partial charge < -0.3 is 14.8 Å². The molecule has 1 aliphatic heterocycles. The predicted octanol–water partition coefficient (Wildman–Crippen LogP) is 1.80. The molecule has 124 valence electrons. The number of rotatable bonds is 0. The fourth-order valence-corrected chi connectivity index (χ4v) is 2.63. The van der Waals surface area contributed by atoms with Gasteiger partial charge in [-0.25, -0.2) is 9.78 Å². The van der Waals surface area contributed by atoms with E-state index in [1.54, 1.807) is 6.33 Å². The first-order valence-corrected chi connectivity index (χ1v) is 7.84. The second-order valence-electron chi connectivity index (χ2n) is 5.54. The Balaban J connectivity index is 1.69. The van der Waals surface area contributed by atoms with Crippen molar-refractivity contribution in [2.45, 2.75) is 12.8 Å². The quantitative estimate of drug-likeness (QED) is 0.656. The summed E-state index contributed by atoms with van der Waals surface area (Å²) in [4.78, 5) is 15.9. The van der Waals surface area contributed by atoms with Crippen molar-refractivity contribution in [3.8, 4) is 11.6 Å². The maximum atomic E-state index is 11.6. The fourth-order valence-electron chi connectivity index (χ4n) is 2.63. The van der Waals surface area contributed by atoms with E-state index in [-0.39, 0.29) is 6.61 Å². The van der Waals surface area contributed by atoms with Gasteiger partial charge in [-0.15, -0.1) is 0 Å². The van der Waals surface area contributed by atoms with E-state index >= 15 is 0 Å². The number of aromatic nitrogens is 4. The Kier molecular flexibility index (Phi) is 3.78. The van der Waals surface area contributed by atoms with Gasteiger partial charge in [0, 0.05) is 24.5 Å². The Hall–Kier alpha value is -3.03. The predicted molar refractivity (Wildman–Crippen MR) is 86.4 cm³/mol.